The summed E-state index contributed by atoms with van der Waals surface area (Å²) >= 11 is 7.61. The quantitative estimate of drug-likeness (QED) is 0.595. The summed E-state index contributed by atoms with van der Waals surface area (Å²) < 4.78 is 13.4. The van der Waals surface area contributed by atoms with Crippen LogP contribution in [0.25, 0.3) is 11.4 Å². The van der Waals surface area contributed by atoms with E-state index in [-0.39, 0.29) is 0 Å². The van der Waals surface area contributed by atoms with Crippen LogP contribution in [-0.4, -0.2) is 28.0 Å². The molecule has 1 aromatic heterocycles. The van der Waals surface area contributed by atoms with Gasteiger partial charge in [-0.05, 0) is 42.8 Å². The normalized spacial score (nSPS) is 13.0. The van der Waals surface area contributed by atoms with Gasteiger partial charge in [0.05, 0.1) is 0 Å². The van der Waals surface area contributed by atoms with Gasteiger partial charge in [0.2, 0.25) is 0 Å². The maximum absolute atomic E-state index is 5.95. The van der Waals surface area contributed by atoms with Crippen molar-refractivity contribution in [3.63, 3.8) is 0 Å². The molecule has 26 heavy (non-hydrogen) atoms. The first-order valence-electron chi connectivity index (χ1n) is 8.45. The molecule has 2 aromatic carbocycles. The van der Waals surface area contributed by atoms with Gasteiger partial charge in [0.15, 0.2) is 22.5 Å². The fraction of sp³-hybridized carbons (Fsp3) is 0.263. The highest BCUT2D eigenvalue weighted by atomic mass is 35.5. The Kier molecular flexibility index (Phi) is 5.04. The molecule has 0 fully saturated rings. The van der Waals surface area contributed by atoms with E-state index < -0.39 is 0 Å². The van der Waals surface area contributed by atoms with E-state index in [2.05, 4.69) is 21.7 Å². The van der Waals surface area contributed by atoms with Crippen molar-refractivity contribution in [3.05, 3.63) is 53.1 Å². The SMILES string of the molecule is CCn1c(SCc2ccc(Cl)cc2)nnc1-c1ccc2c(c1)OCCO2. The Morgan fingerprint density at radius 3 is 2.58 bits per heavy atom. The number of hydrogen-bond acceptors (Lipinski definition) is 5. The average Bonchev–Trinajstić information content (AvgIpc) is 3.10. The van der Waals surface area contributed by atoms with Crippen LogP contribution in [-0.2, 0) is 12.3 Å². The molecule has 3 aromatic rings. The lowest BCUT2D eigenvalue weighted by molar-refractivity contribution is 0.171. The van der Waals surface area contributed by atoms with Gasteiger partial charge < -0.3 is 14.0 Å². The van der Waals surface area contributed by atoms with Crippen molar-refractivity contribution in [2.75, 3.05) is 13.2 Å². The lowest BCUT2D eigenvalue weighted by atomic mass is 10.2. The van der Waals surface area contributed by atoms with Crippen molar-refractivity contribution in [3.8, 4) is 22.9 Å². The number of benzene rings is 2. The maximum atomic E-state index is 5.95. The van der Waals surface area contributed by atoms with Crippen molar-refractivity contribution in [2.45, 2.75) is 24.4 Å². The summed E-state index contributed by atoms with van der Waals surface area (Å²) in [5.74, 6) is 3.19. The second-order valence-electron chi connectivity index (χ2n) is 5.82. The molecule has 0 spiro atoms. The molecule has 2 heterocycles. The zero-order chi connectivity index (χ0) is 17.9. The van der Waals surface area contributed by atoms with Gasteiger partial charge in [0.25, 0.3) is 0 Å². The van der Waals surface area contributed by atoms with E-state index in [0.717, 1.165) is 45.4 Å². The van der Waals surface area contributed by atoms with Crippen molar-refractivity contribution >= 4 is 23.4 Å². The van der Waals surface area contributed by atoms with Gasteiger partial charge in [0.1, 0.15) is 13.2 Å². The van der Waals surface area contributed by atoms with Crippen LogP contribution in [0.3, 0.4) is 0 Å². The minimum absolute atomic E-state index is 0.569. The maximum Gasteiger partial charge on any atom is 0.191 e. The highest BCUT2D eigenvalue weighted by molar-refractivity contribution is 7.98. The second-order valence-corrected chi connectivity index (χ2v) is 7.20. The Hall–Kier alpha value is -2.18. The van der Waals surface area contributed by atoms with Crippen LogP contribution < -0.4 is 9.47 Å². The molecule has 0 aliphatic carbocycles. The summed E-state index contributed by atoms with van der Waals surface area (Å²) in [7, 11) is 0. The number of aromatic nitrogens is 3. The van der Waals surface area contributed by atoms with Crippen LogP contribution in [0.5, 0.6) is 11.5 Å². The molecule has 0 bridgehead atoms. The molecule has 0 saturated heterocycles. The van der Waals surface area contributed by atoms with E-state index in [1.54, 1.807) is 11.8 Å². The number of rotatable bonds is 5. The fourth-order valence-corrected chi connectivity index (χ4v) is 3.89. The smallest absolute Gasteiger partial charge is 0.191 e. The molecule has 0 N–H and O–H groups in total. The molecule has 0 saturated carbocycles. The molecule has 0 atom stereocenters. The van der Waals surface area contributed by atoms with Gasteiger partial charge in [0, 0.05) is 22.9 Å². The third kappa shape index (κ3) is 3.52. The van der Waals surface area contributed by atoms with Crippen molar-refractivity contribution in [2.24, 2.45) is 0 Å². The van der Waals surface area contributed by atoms with E-state index in [9.17, 15) is 0 Å². The zero-order valence-electron chi connectivity index (χ0n) is 14.3. The number of thioether (sulfide) groups is 1. The average molecular weight is 388 g/mol. The van der Waals surface area contributed by atoms with Crippen LogP contribution >= 0.6 is 23.4 Å². The number of halogens is 1. The highest BCUT2D eigenvalue weighted by Gasteiger charge is 2.17. The molecule has 1 aliphatic rings. The lowest BCUT2D eigenvalue weighted by Crippen LogP contribution is -2.15. The molecule has 7 heteroatoms. The van der Waals surface area contributed by atoms with Crippen LogP contribution in [0, 0.1) is 0 Å². The van der Waals surface area contributed by atoms with Crippen molar-refractivity contribution in [1.29, 1.82) is 0 Å². The van der Waals surface area contributed by atoms with Gasteiger partial charge in [-0.15, -0.1) is 10.2 Å². The third-order valence-corrected chi connectivity index (χ3v) is 5.40. The van der Waals surface area contributed by atoms with E-state index in [4.69, 9.17) is 21.1 Å². The van der Waals surface area contributed by atoms with Gasteiger partial charge in [-0.3, -0.25) is 0 Å². The predicted molar refractivity (Wildman–Crippen MR) is 103 cm³/mol. The molecule has 134 valence electrons. The molecule has 0 radical (unpaired) electrons. The molecule has 0 amide bonds. The van der Waals surface area contributed by atoms with Crippen LogP contribution in [0.1, 0.15) is 12.5 Å². The first-order chi connectivity index (χ1) is 12.7. The predicted octanol–water partition coefficient (Wildman–Crippen LogP) is 4.68. The molecule has 1 aliphatic heterocycles. The van der Waals surface area contributed by atoms with Crippen LogP contribution in [0.2, 0.25) is 5.02 Å². The Labute approximate surface area is 161 Å². The zero-order valence-corrected chi connectivity index (χ0v) is 15.9. The highest BCUT2D eigenvalue weighted by Crippen LogP contribution is 2.35. The fourth-order valence-electron chi connectivity index (χ4n) is 2.81. The number of fused-ring (bicyclic) bond motifs is 1. The van der Waals surface area contributed by atoms with E-state index in [1.165, 1.54) is 5.56 Å². The summed E-state index contributed by atoms with van der Waals surface area (Å²) in [5, 5.41) is 10.4. The summed E-state index contributed by atoms with van der Waals surface area (Å²) in [6, 6.07) is 13.8. The topological polar surface area (TPSA) is 49.2 Å². The number of hydrogen-bond donors (Lipinski definition) is 0. The van der Waals surface area contributed by atoms with E-state index in [1.807, 2.05) is 42.5 Å². The molecular formula is C19H18ClN3O2S. The van der Waals surface area contributed by atoms with Crippen LogP contribution in [0.15, 0.2) is 47.6 Å². The summed E-state index contributed by atoms with van der Waals surface area (Å²) in [4.78, 5) is 0. The second kappa shape index (κ2) is 7.60. The largest absolute Gasteiger partial charge is 0.486 e. The molecule has 5 nitrogen and oxygen atoms in total. The van der Waals surface area contributed by atoms with Gasteiger partial charge in [-0.1, -0.05) is 35.5 Å². The lowest BCUT2D eigenvalue weighted by Gasteiger charge is -2.18. The first-order valence-corrected chi connectivity index (χ1v) is 9.81. The van der Waals surface area contributed by atoms with Gasteiger partial charge >= 0.3 is 0 Å². The Bertz CT molecular complexity index is 912. The number of nitrogens with zero attached hydrogens (tertiary/aromatic N) is 3. The van der Waals surface area contributed by atoms with Crippen molar-refractivity contribution < 1.29 is 9.47 Å². The number of ether oxygens (including phenoxy) is 2. The van der Waals surface area contributed by atoms with Crippen LogP contribution in [0.4, 0.5) is 0 Å². The minimum Gasteiger partial charge on any atom is -0.486 e. The van der Waals surface area contributed by atoms with Crippen molar-refractivity contribution in [1.82, 2.24) is 14.8 Å². The Morgan fingerprint density at radius 2 is 1.81 bits per heavy atom. The third-order valence-electron chi connectivity index (χ3n) is 4.11. The van der Waals surface area contributed by atoms with Gasteiger partial charge in [-0.25, -0.2) is 0 Å². The summed E-state index contributed by atoms with van der Waals surface area (Å²) in [6.45, 7) is 4.04. The first kappa shape index (κ1) is 17.2. The monoisotopic (exact) mass is 387 g/mol. The molecule has 4 rings (SSSR count). The Balaban J connectivity index is 1.57. The van der Waals surface area contributed by atoms with E-state index in [0.29, 0.717) is 13.2 Å². The summed E-state index contributed by atoms with van der Waals surface area (Å²) in [5.41, 5.74) is 2.17. The summed E-state index contributed by atoms with van der Waals surface area (Å²) in [6.07, 6.45) is 0. The standard InChI is InChI=1S/C19H18ClN3O2S/c1-2-23-18(14-5-8-16-17(11-14)25-10-9-24-16)21-22-19(23)26-12-13-3-6-15(20)7-4-13/h3-8,11H,2,9-10,12H2,1H3. The minimum atomic E-state index is 0.569. The van der Waals surface area contributed by atoms with Gasteiger partial charge in [-0.2, -0.15) is 0 Å². The molecule has 0 unspecified atom stereocenters. The molecular weight excluding hydrogens is 370 g/mol. The van der Waals surface area contributed by atoms with E-state index >= 15 is 0 Å². The Morgan fingerprint density at radius 1 is 1.04 bits per heavy atom.